The Kier molecular flexibility index (Phi) is 26.3. The van der Waals surface area contributed by atoms with E-state index in [1.165, 1.54) is 99.5 Å². The molecule has 304 valence electrons. The number of phenolic OH excluding ortho intramolecular Hbond substituents is 2. The number of hydrogen-bond acceptors (Lipinski definition) is 5. The van der Waals surface area contributed by atoms with Crippen molar-refractivity contribution in [3.8, 4) is 11.5 Å². The predicted octanol–water partition coefficient (Wildman–Crippen LogP) is 13.7. The van der Waals surface area contributed by atoms with Gasteiger partial charge < -0.3 is 15.3 Å². The Morgan fingerprint density at radius 2 is 1.02 bits per heavy atom. The van der Waals surface area contributed by atoms with Crippen LogP contribution in [-0.2, 0) is 6.61 Å². The fraction of sp³-hybridized carbons (Fsp3) is 0.592. The molecule has 0 aliphatic carbocycles. The molecule has 5 nitrogen and oxygen atoms in total. The van der Waals surface area contributed by atoms with Gasteiger partial charge in [0.05, 0.1) is 12.2 Å². The van der Waals surface area contributed by atoms with Crippen LogP contribution in [-0.4, -0.2) is 27.9 Å². The summed E-state index contributed by atoms with van der Waals surface area (Å²) in [7, 11) is 0. The molecule has 54 heavy (non-hydrogen) atoms. The molecule has 0 amide bonds. The van der Waals surface area contributed by atoms with E-state index >= 15 is 0 Å². The molecule has 0 saturated heterocycles. The van der Waals surface area contributed by atoms with Crippen molar-refractivity contribution in [3.63, 3.8) is 0 Å². The van der Waals surface area contributed by atoms with Gasteiger partial charge in [-0.25, -0.2) is 0 Å². The molecule has 3 N–H and O–H groups in total. The molecular weight excluding hydrogens is 669 g/mol. The summed E-state index contributed by atoms with van der Waals surface area (Å²) in [6, 6.07) is 15.6. The molecule has 3 aromatic carbocycles. The Morgan fingerprint density at radius 1 is 0.574 bits per heavy atom. The van der Waals surface area contributed by atoms with Crippen molar-refractivity contribution in [1.29, 1.82) is 0 Å². The maximum Gasteiger partial charge on any atom is 0.153 e. The summed E-state index contributed by atoms with van der Waals surface area (Å²) in [6.45, 7) is 27.3. The van der Waals surface area contributed by atoms with Crippen molar-refractivity contribution in [1.82, 2.24) is 0 Å². The van der Waals surface area contributed by atoms with E-state index in [1.54, 1.807) is 0 Å². The van der Waals surface area contributed by atoms with Crippen LogP contribution in [0, 0.1) is 56.8 Å². The van der Waals surface area contributed by atoms with Crippen molar-refractivity contribution >= 4 is 12.6 Å². The number of aliphatic hydroxyl groups is 1. The van der Waals surface area contributed by atoms with Crippen molar-refractivity contribution in [2.45, 2.75) is 160 Å². The summed E-state index contributed by atoms with van der Waals surface area (Å²) in [4.78, 5) is 20.4. The van der Waals surface area contributed by atoms with E-state index in [2.05, 4.69) is 61.5 Å². The average Bonchev–Trinajstić information content (AvgIpc) is 3.08. The fourth-order valence-electron chi connectivity index (χ4n) is 6.23. The van der Waals surface area contributed by atoms with E-state index in [0.29, 0.717) is 11.7 Å². The number of benzene rings is 3. The number of aryl methyl sites for hydroxylation is 4. The van der Waals surface area contributed by atoms with Crippen LogP contribution in [0.4, 0.5) is 0 Å². The smallest absolute Gasteiger partial charge is 0.153 e. The van der Waals surface area contributed by atoms with Crippen molar-refractivity contribution < 1.29 is 24.9 Å². The van der Waals surface area contributed by atoms with E-state index in [1.807, 2.05) is 58.0 Å². The summed E-state index contributed by atoms with van der Waals surface area (Å²) in [5.41, 5.74) is 7.15. The number of aldehydes is 2. The molecular formula is C49H78O5. The zero-order chi connectivity index (χ0) is 41.3. The van der Waals surface area contributed by atoms with Crippen LogP contribution < -0.4 is 0 Å². The number of phenols is 2. The minimum Gasteiger partial charge on any atom is -0.508 e. The lowest BCUT2D eigenvalue weighted by Crippen LogP contribution is -2.08. The van der Waals surface area contributed by atoms with Crippen LogP contribution >= 0.6 is 0 Å². The largest absolute Gasteiger partial charge is 0.508 e. The molecule has 3 unspecified atom stereocenters. The Morgan fingerprint density at radius 3 is 1.43 bits per heavy atom. The number of carbonyl (C=O) groups is 2. The van der Waals surface area contributed by atoms with Gasteiger partial charge in [0.1, 0.15) is 17.8 Å². The highest BCUT2D eigenvalue weighted by molar-refractivity contribution is 5.79. The predicted molar refractivity (Wildman–Crippen MR) is 231 cm³/mol. The first-order valence-corrected chi connectivity index (χ1v) is 20.5. The number of rotatable bonds is 17. The van der Waals surface area contributed by atoms with Gasteiger partial charge in [0.25, 0.3) is 0 Å². The van der Waals surface area contributed by atoms with E-state index in [4.69, 9.17) is 15.3 Å². The third-order valence-corrected chi connectivity index (χ3v) is 10.0. The van der Waals surface area contributed by atoms with Gasteiger partial charge in [-0.2, -0.15) is 0 Å². The Hall–Kier alpha value is -3.44. The van der Waals surface area contributed by atoms with Crippen LogP contribution in [0.25, 0.3) is 0 Å². The summed E-state index contributed by atoms with van der Waals surface area (Å²) in [5.74, 6) is 3.41. The fourth-order valence-corrected chi connectivity index (χ4v) is 6.23. The van der Waals surface area contributed by atoms with Crippen LogP contribution in [0.2, 0.25) is 0 Å². The lowest BCUT2D eigenvalue weighted by Gasteiger charge is -2.21. The van der Waals surface area contributed by atoms with E-state index in [-0.39, 0.29) is 23.7 Å². The van der Waals surface area contributed by atoms with E-state index in [0.717, 1.165) is 52.7 Å². The summed E-state index contributed by atoms with van der Waals surface area (Å²) >= 11 is 0. The maximum absolute atomic E-state index is 10.3. The highest BCUT2D eigenvalue weighted by Crippen LogP contribution is 2.27. The summed E-state index contributed by atoms with van der Waals surface area (Å²) in [6.07, 6.45) is 17.1. The van der Waals surface area contributed by atoms with Gasteiger partial charge in [0.15, 0.2) is 6.29 Å². The summed E-state index contributed by atoms with van der Waals surface area (Å²) < 4.78 is 0. The first-order valence-electron chi connectivity index (χ1n) is 20.5. The monoisotopic (exact) mass is 747 g/mol. The lowest BCUT2D eigenvalue weighted by atomic mass is 9.85. The summed E-state index contributed by atoms with van der Waals surface area (Å²) in [5, 5.41) is 26.5. The molecule has 3 atom stereocenters. The highest BCUT2D eigenvalue weighted by atomic mass is 16.3. The van der Waals surface area contributed by atoms with Gasteiger partial charge in [-0.3, -0.25) is 9.59 Å². The number of aromatic hydroxyl groups is 2. The zero-order valence-corrected chi connectivity index (χ0v) is 36.3. The Labute approximate surface area is 331 Å². The van der Waals surface area contributed by atoms with Crippen molar-refractivity contribution in [2.75, 3.05) is 0 Å². The van der Waals surface area contributed by atoms with E-state index < -0.39 is 0 Å². The lowest BCUT2D eigenvalue weighted by molar-refractivity contribution is 0.111. The molecule has 0 aliphatic rings. The van der Waals surface area contributed by atoms with Crippen molar-refractivity contribution in [2.24, 2.45) is 29.1 Å². The third kappa shape index (κ3) is 25.6. The minimum absolute atomic E-state index is 0.0527. The first-order chi connectivity index (χ1) is 25.3. The molecule has 0 fully saturated rings. The van der Waals surface area contributed by atoms with Crippen LogP contribution in [0.1, 0.15) is 175 Å². The molecule has 0 bridgehead atoms. The first kappa shape index (κ1) is 50.6. The van der Waals surface area contributed by atoms with Crippen LogP contribution in [0.5, 0.6) is 11.5 Å². The highest BCUT2D eigenvalue weighted by Gasteiger charge is 2.13. The van der Waals surface area contributed by atoms with Crippen LogP contribution in [0.3, 0.4) is 0 Å². The van der Waals surface area contributed by atoms with Crippen LogP contribution in [0.15, 0.2) is 54.6 Å². The zero-order valence-electron chi connectivity index (χ0n) is 36.3. The third-order valence-electron chi connectivity index (χ3n) is 10.0. The average molecular weight is 747 g/mol. The second kappa shape index (κ2) is 28.0. The van der Waals surface area contributed by atoms with Crippen molar-refractivity contribution in [3.05, 3.63) is 93.5 Å². The van der Waals surface area contributed by atoms with Gasteiger partial charge in [0, 0.05) is 11.6 Å². The molecule has 5 heteroatoms. The van der Waals surface area contributed by atoms with Gasteiger partial charge in [-0.05, 0) is 92.0 Å². The second-order valence-corrected chi connectivity index (χ2v) is 17.5. The molecule has 0 heterocycles. The Bertz CT molecular complexity index is 1400. The molecule has 0 aromatic heterocycles. The van der Waals surface area contributed by atoms with Gasteiger partial charge in [-0.15, -0.1) is 0 Å². The Balaban J connectivity index is 0.000000768. The van der Waals surface area contributed by atoms with Gasteiger partial charge >= 0.3 is 0 Å². The molecule has 3 aromatic rings. The van der Waals surface area contributed by atoms with Gasteiger partial charge in [0.2, 0.25) is 0 Å². The number of aliphatic hydroxyl groups excluding tert-OH is 1. The topological polar surface area (TPSA) is 94.8 Å². The molecule has 0 radical (unpaired) electrons. The standard InChI is InChI=1S/C24H50.C9H12O.C9H10O.C7H6O3/c1-20(2)12-9-13-21(3)14-10-15-22(4)16-11-17-23(5)18-19-24(6,7)8;2*1-7-3-4-9(6-10)8(2)5-7;8-4-5-1-2-6(9)3-7(5)10/h20-23H,9-19H2,1-8H3;3-5,10H,6H2,1-2H3;3-6H,1-2H3;1-4,9-10H. The molecule has 3 rings (SSSR count). The quantitative estimate of drug-likeness (QED) is 0.120. The normalized spacial score (nSPS) is 12.6. The SMILES string of the molecule is CC(C)CCCC(C)CCCC(C)CCCC(C)CCC(C)(C)C.Cc1ccc(C=O)c(C)c1.Cc1ccc(CO)c(C)c1.O=Cc1ccc(O)cc1O. The maximum atomic E-state index is 10.3. The van der Waals surface area contributed by atoms with E-state index in [9.17, 15) is 9.59 Å². The molecule has 0 aliphatic heterocycles. The number of hydrogen-bond donors (Lipinski definition) is 3. The van der Waals surface area contributed by atoms with Gasteiger partial charge in [-0.1, -0.05) is 167 Å². The molecule has 0 spiro atoms. The second-order valence-electron chi connectivity index (χ2n) is 17.5. The molecule has 0 saturated carbocycles. The minimum atomic E-state index is -0.199. The number of carbonyl (C=O) groups excluding carboxylic acids is 2.